The fraction of sp³-hybridized carbons (Fsp3) is 0.917. The van der Waals surface area contributed by atoms with Crippen LogP contribution in [0.3, 0.4) is 0 Å². The highest BCUT2D eigenvalue weighted by Crippen LogP contribution is 2.06. The van der Waals surface area contributed by atoms with Crippen LogP contribution in [0, 0.1) is 0 Å². The maximum atomic E-state index is 9.60. The number of ether oxygens (including phenoxy) is 1. The van der Waals surface area contributed by atoms with Crippen molar-refractivity contribution in [3.63, 3.8) is 0 Å². The molecule has 0 atom stereocenters. The van der Waals surface area contributed by atoms with Gasteiger partial charge in [-0.05, 0) is 53.2 Å². The van der Waals surface area contributed by atoms with Gasteiger partial charge >= 0.3 is 0 Å². The van der Waals surface area contributed by atoms with Gasteiger partial charge in [0.2, 0.25) is 0 Å². The number of hydrogen-bond donors (Lipinski definition) is 0. The minimum atomic E-state index is -0.318. The molecule has 0 saturated carbocycles. The van der Waals surface area contributed by atoms with Gasteiger partial charge in [-0.2, -0.15) is 0 Å². The SMILES string of the molecule is CC(C)(C)OC=O.CCN1CCCCC1. The van der Waals surface area contributed by atoms with Crippen LogP contribution in [0.5, 0.6) is 0 Å². The molecule has 0 unspecified atom stereocenters. The highest BCUT2D eigenvalue weighted by Gasteiger charge is 2.07. The highest BCUT2D eigenvalue weighted by atomic mass is 16.5. The molecule has 0 amide bonds. The summed E-state index contributed by atoms with van der Waals surface area (Å²) in [5, 5.41) is 0. The number of hydrogen-bond acceptors (Lipinski definition) is 3. The monoisotopic (exact) mass is 215 g/mol. The summed E-state index contributed by atoms with van der Waals surface area (Å²) >= 11 is 0. The first-order valence-electron chi connectivity index (χ1n) is 5.83. The number of likely N-dealkylation sites (tertiary alicyclic amines) is 1. The molecule has 0 N–H and O–H groups in total. The van der Waals surface area contributed by atoms with Crippen molar-refractivity contribution >= 4 is 6.47 Å². The molecule has 1 fully saturated rings. The Morgan fingerprint density at radius 3 is 1.93 bits per heavy atom. The summed E-state index contributed by atoms with van der Waals surface area (Å²) in [6, 6.07) is 0. The molecular weight excluding hydrogens is 190 g/mol. The minimum absolute atomic E-state index is 0.318. The smallest absolute Gasteiger partial charge is 0.293 e. The summed E-state index contributed by atoms with van der Waals surface area (Å²) in [5.74, 6) is 0. The van der Waals surface area contributed by atoms with Gasteiger partial charge in [-0.25, -0.2) is 0 Å². The molecule has 0 bridgehead atoms. The zero-order valence-electron chi connectivity index (χ0n) is 10.6. The zero-order chi connectivity index (χ0) is 11.7. The van der Waals surface area contributed by atoms with Crippen LogP contribution < -0.4 is 0 Å². The summed E-state index contributed by atoms with van der Waals surface area (Å²) in [5.41, 5.74) is -0.318. The van der Waals surface area contributed by atoms with Crippen LogP contribution in [0.15, 0.2) is 0 Å². The maximum absolute atomic E-state index is 9.60. The Labute approximate surface area is 93.8 Å². The molecule has 15 heavy (non-hydrogen) atoms. The average molecular weight is 215 g/mol. The van der Waals surface area contributed by atoms with Crippen LogP contribution >= 0.6 is 0 Å². The number of carbonyl (C=O) groups excluding carboxylic acids is 1. The van der Waals surface area contributed by atoms with Crippen molar-refractivity contribution in [2.45, 2.75) is 52.6 Å². The van der Waals surface area contributed by atoms with E-state index in [-0.39, 0.29) is 5.60 Å². The Morgan fingerprint density at radius 2 is 1.73 bits per heavy atom. The summed E-state index contributed by atoms with van der Waals surface area (Å²) in [7, 11) is 0. The second kappa shape index (κ2) is 7.69. The molecule has 3 nitrogen and oxygen atoms in total. The predicted octanol–water partition coefficient (Wildman–Crippen LogP) is 2.45. The largest absolute Gasteiger partial charge is 0.462 e. The predicted molar refractivity (Wildman–Crippen MR) is 62.9 cm³/mol. The van der Waals surface area contributed by atoms with Crippen molar-refractivity contribution < 1.29 is 9.53 Å². The third-order valence-corrected chi connectivity index (χ3v) is 2.30. The molecule has 0 spiro atoms. The Balaban J connectivity index is 0.000000265. The highest BCUT2D eigenvalue weighted by molar-refractivity contribution is 5.37. The first kappa shape index (κ1) is 14.4. The average Bonchev–Trinajstić information content (AvgIpc) is 2.18. The lowest BCUT2D eigenvalue weighted by atomic mass is 10.1. The summed E-state index contributed by atoms with van der Waals surface area (Å²) in [4.78, 5) is 12.1. The second-order valence-corrected chi connectivity index (χ2v) is 4.82. The van der Waals surface area contributed by atoms with E-state index in [2.05, 4.69) is 16.6 Å². The molecular formula is C12H25NO2. The van der Waals surface area contributed by atoms with E-state index in [1.165, 1.54) is 38.9 Å². The van der Waals surface area contributed by atoms with Crippen LogP contribution in [0.2, 0.25) is 0 Å². The summed E-state index contributed by atoms with van der Waals surface area (Å²) < 4.78 is 4.55. The van der Waals surface area contributed by atoms with Gasteiger partial charge in [-0.1, -0.05) is 13.3 Å². The molecule has 0 aromatic heterocycles. The van der Waals surface area contributed by atoms with E-state index in [9.17, 15) is 4.79 Å². The topological polar surface area (TPSA) is 29.5 Å². The van der Waals surface area contributed by atoms with E-state index in [1.54, 1.807) is 0 Å². The maximum Gasteiger partial charge on any atom is 0.293 e. The first-order chi connectivity index (χ1) is 6.99. The van der Waals surface area contributed by atoms with Crippen LogP contribution in [0.1, 0.15) is 47.0 Å². The van der Waals surface area contributed by atoms with E-state index >= 15 is 0 Å². The molecule has 1 heterocycles. The van der Waals surface area contributed by atoms with E-state index in [1.807, 2.05) is 20.8 Å². The van der Waals surface area contributed by atoms with Crippen molar-refractivity contribution in [3.8, 4) is 0 Å². The number of carbonyl (C=O) groups is 1. The van der Waals surface area contributed by atoms with Crippen molar-refractivity contribution in [2.75, 3.05) is 19.6 Å². The van der Waals surface area contributed by atoms with Gasteiger partial charge in [0.25, 0.3) is 6.47 Å². The molecule has 0 aliphatic carbocycles. The van der Waals surface area contributed by atoms with Gasteiger partial charge in [0.15, 0.2) is 0 Å². The Morgan fingerprint density at radius 1 is 1.20 bits per heavy atom. The van der Waals surface area contributed by atoms with Crippen molar-refractivity contribution in [1.29, 1.82) is 0 Å². The molecule has 0 radical (unpaired) electrons. The zero-order valence-corrected chi connectivity index (χ0v) is 10.6. The van der Waals surface area contributed by atoms with Gasteiger partial charge in [0.1, 0.15) is 5.60 Å². The van der Waals surface area contributed by atoms with Gasteiger partial charge in [-0.3, -0.25) is 4.79 Å². The fourth-order valence-corrected chi connectivity index (χ4v) is 1.42. The molecule has 90 valence electrons. The second-order valence-electron chi connectivity index (χ2n) is 4.82. The van der Waals surface area contributed by atoms with Gasteiger partial charge in [-0.15, -0.1) is 0 Å². The molecule has 0 aromatic carbocycles. The lowest BCUT2D eigenvalue weighted by Gasteiger charge is -2.24. The Bertz CT molecular complexity index is 157. The standard InChI is InChI=1S/C7H15N.C5H10O2/c1-2-8-6-4-3-5-7-8;1-5(2,3)7-4-6/h2-7H2,1H3;4H,1-3H3. The quantitative estimate of drug-likeness (QED) is 0.663. The van der Waals surface area contributed by atoms with Gasteiger partial charge in [0, 0.05) is 0 Å². The van der Waals surface area contributed by atoms with Gasteiger partial charge < -0.3 is 9.64 Å². The number of rotatable bonds is 2. The van der Waals surface area contributed by atoms with Crippen LogP contribution in [0.25, 0.3) is 0 Å². The molecule has 1 aliphatic heterocycles. The van der Waals surface area contributed by atoms with Crippen molar-refractivity contribution in [2.24, 2.45) is 0 Å². The Kier molecular flexibility index (Phi) is 7.39. The third kappa shape index (κ3) is 9.73. The van der Waals surface area contributed by atoms with Gasteiger partial charge in [0.05, 0.1) is 0 Å². The van der Waals surface area contributed by atoms with Crippen LogP contribution in [0.4, 0.5) is 0 Å². The molecule has 0 aromatic rings. The fourth-order valence-electron chi connectivity index (χ4n) is 1.42. The lowest BCUT2D eigenvalue weighted by molar-refractivity contribution is -0.138. The third-order valence-electron chi connectivity index (χ3n) is 2.30. The Hall–Kier alpha value is -0.570. The summed E-state index contributed by atoms with van der Waals surface area (Å²) in [6.45, 7) is 12.1. The molecule has 1 aliphatic rings. The molecule has 3 heteroatoms. The van der Waals surface area contributed by atoms with E-state index in [0.29, 0.717) is 6.47 Å². The van der Waals surface area contributed by atoms with E-state index in [4.69, 9.17) is 0 Å². The van der Waals surface area contributed by atoms with E-state index in [0.717, 1.165) is 0 Å². The van der Waals surface area contributed by atoms with Crippen LogP contribution in [-0.4, -0.2) is 36.6 Å². The van der Waals surface area contributed by atoms with Crippen molar-refractivity contribution in [3.05, 3.63) is 0 Å². The lowest BCUT2D eigenvalue weighted by Crippen LogP contribution is -2.29. The minimum Gasteiger partial charge on any atom is -0.462 e. The molecule has 1 rings (SSSR count). The number of nitrogens with zero attached hydrogens (tertiary/aromatic N) is 1. The first-order valence-corrected chi connectivity index (χ1v) is 5.83. The van der Waals surface area contributed by atoms with Crippen molar-refractivity contribution in [1.82, 2.24) is 4.90 Å². The normalized spacial score (nSPS) is 17.6. The summed E-state index contributed by atoms with van der Waals surface area (Å²) in [6.07, 6.45) is 4.30. The number of piperidine rings is 1. The molecule has 1 saturated heterocycles. The van der Waals surface area contributed by atoms with E-state index < -0.39 is 0 Å². The van der Waals surface area contributed by atoms with Crippen LogP contribution in [-0.2, 0) is 9.53 Å².